The molecule has 2 amide bonds. The zero-order valence-electron chi connectivity index (χ0n) is 18.8. The van der Waals surface area contributed by atoms with Gasteiger partial charge in [0.2, 0.25) is 10.0 Å². The molecule has 0 fully saturated rings. The van der Waals surface area contributed by atoms with Gasteiger partial charge in [-0.05, 0) is 55.6 Å². The molecule has 1 unspecified atom stereocenters. The molecule has 5 N–H and O–H groups in total. The van der Waals surface area contributed by atoms with E-state index in [2.05, 4.69) is 16.0 Å². The summed E-state index contributed by atoms with van der Waals surface area (Å²) in [5.74, 6) is -0.524. The maximum Gasteiger partial charge on any atom is 0.338 e. The third-order valence-corrected chi connectivity index (χ3v) is 6.38. The fourth-order valence-electron chi connectivity index (χ4n) is 3.70. The number of rotatable bonds is 8. The van der Waals surface area contributed by atoms with Gasteiger partial charge in [0.1, 0.15) is 0 Å². The van der Waals surface area contributed by atoms with Crippen LogP contribution in [0.1, 0.15) is 28.3 Å². The van der Waals surface area contributed by atoms with Crippen molar-refractivity contribution in [3.63, 3.8) is 0 Å². The molecule has 0 saturated heterocycles. The average Bonchev–Trinajstić information content (AvgIpc) is 2.77. The van der Waals surface area contributed by atoms with Crippen LogP contribution in [0, 0.1) is 13.8 Å². The Morgan fingerprint density at radius 3 is 2.48 bits per heavy atom. The Labute approximate surface area is 193 Å². The molecule has 176 valence electrons. The minimum absolute atomic E-state index is 0.0574. The van der Waals surface area contributed by atoms with E-state index in [0.717, 1.165) is 22.3 Å². The maximum absolute atomic E-state index is 12.7. The largest absolute Gasteiger partial charge is 0.466 e. The van der Waals surface area contributed by atoms with Gasteiger partial charge in [-0.25, -0.2) is 23.1 Å². The highest BCUT2D eigenvalue weighted by Crippen LogP contribution is 2.30. The molecular weight excluding hydrogens is 444 g/mol. The SMILES string of the molecule is COC(=O)C1=C(CNCCc2ccc(S(N)(=O)=O)cc2)NC(=O)NC1c1cc(C)ccc1C. The molecule has 3 rings (SSSR count). The van der Waals surface area contributed by atoms with E-state index >= 15 is 0 Å². The number of sulfonamides is 1. The van der Waals surface area contributed by atoms with E-state index < -0.39 is 28.1 Å². The van der Waals surface area contributed by atoms with Crippen LogP contribution in [0.2, 0.25) is 0 Å². The summed E-state index contributed by atoms with van der Waals surface area (Å²) in [7, 11) is -2.42. The van der Waals surface area contributed by atoms with Gasteiger partial charge in [0, 0.05) is 12.2 Å². The molecule has 1 atom stereocenters. The summed E-state index contributed by atoms with van der Waals surface area (Å²) < 4.78 is 27.8. The molecule has 0 spiro atoms. The molecule has 0 bridgehead atoms. The number of benzene rings is 2. The second kappa shape index (κ2) is 10.2. The number of primary sulfonamides is 1. The van der Waals surface area contributed by atoms with Gasteiger partial charge in [0.25, 0.3) is 0 Å². The Balaban J connectivity index is 1.77. The number of urea groups is 1. The van der Waals surface area contributed by atoms with Gasteiger partial charge < -0.3 is 20.7 Å². The Morgan fingerprint density at radius 1 is 1.15 bits per heavy atom. The summed E-state index contributed by atoms with van der Waals surface area (Å²) in [6.45, 7) is 4.65. The summed E-state index contributed by atoms with van der Waals surface area (Å²) in [6, 6.07) is 11.2. The highest BCUT2D eigenvalue weighted by molar-refractivity contribution is 7.89. The van der Waals surface area contributed by atoms with Crippen molar-refractivity contribution in [2.24, 2.45) is 5.14 Å². The van der Waals surface area contributed by atoms with Crippen molar-refractivity contribution in [2.75, 3.05) is 20.2 Å². The van der Waals surface area contributed by atoms with Crippen LogP contribution >= 0.6 is 0 Å². The molecule has 2 aromatic carbocycles. The zero-order chi connectivity index (χ0) is 24.2. The number of methoxy groups -OCH3 is 1. The Hall–Kier alpha value is -3.21. The number of carbonyl (C=O) groups is 2. The lowest BCUT2D eigenvalue weighted by atomic mass is 9.91. The van der Waals surface area contributed by atoms with Crippen molar-refractivity contribution in [1.29, 1.82) is 0 Å². The Bertz CT molecular complexity index is 1190. The smallest absolute Gasteiger partial charge is 0.338 e. The van der Waals surface area contributed by atoms with Gasteiger partial charge in [-0.15, -0.1) is 0 Å². The van der Waals surface area contributed by atoms with Crippen LogP contribution < -0.4 is 21.1 Å². The highest BCUT2D eigenvalue weighted by Gasteiger charge is 2.34. The molecule has 1 aliphatic rings. The van der Waals surface area contributed by atoms with E-state index in [1.807, 2.05) is 32.0 Å². The van der Waals surface area contributed by atoms with Gasteiger partial charge >= 0.3 is 12.0 Å². The van der Waals surface area contributed by atoms with Gasteiger partial charge in [0.15, 0.2) is 0 Å². The fraction of sp³-hybridized carbons (Fsp3) is 0.304. The number of aryl methyl sites for hydroxylation is 2. The van der Waals surface area contributed by atoms with Gasteiger partial charge in [-0.1, -0.05) is 35.9 Å². The standard InChI is InChI=1S/C23H28N4O5S/c1-14-4-5-15(2)18(12-14)21-20(22(28)32-3)19(26-23(29)27-21)13-25-11-10-16-6-8-17(9-7-16)33(24,30)31/h4-9,12,21,25H,10-11,13H2,1-3H3,(H2,24,30,31)(H2,26,27,29). The third kappa shape index (κ3) is 5.98. The van der Waals surface area contributed by atoms with Crippen molar-refractivity contribution in [3.8, 4) is 0 Å². The molecule has 9 nitrogen and oxygen atoms in total. The number of nitrogens with two attached hydrogens (primary N) is 1. The molecule has 33 heavy (non-hydrogen) atoms. The van der Waals surface area contributed by atoms with Crippen LogP contribution in [0.25, 0.3) is 0 Å². The molecular formula is C23H28N4O5S. The first kappa shape index (κ1) is 24.4. The van der Waals surface area contributed by atoms with Crippen molar-refractivity contribution in [3.05, 3.63) is 76.0 Å². The third-order valence-electron chi connectivity index (χ3n) is 5.45. The van der Waals surface area contributed by atoms with Crippen molar-refractivity contribution in [1.82, 2.24) is 16.0 Å². The first-order valence-electron chi connectivity index (χ1n) is 10.4. The molecule has 2 aromatic rings. The van der Waals surface area contributed by atoms with Gasteiger partial charge in [-0.2, -0.15) is 0 Å². The molecule has 1 heterocycles. The predicted octanol–water partition coefficient (Wildman–Crippen LogP) is 1.56. The van der Waals surface area contributed by atoms with Crippen LogP contribution in [0.4, 0.5) is 4.79 Å². The van der Waals surface area contributed by atoms with E-state index in [1.165, 1.54) is 19.2 Å². The minimum Gasteiger partial charge on any atom is -0.466 e. The minimum atomic E-state index is -3.73. The predicted molar refractivity (Wildman–Crippen MR) is 124 cm³/mol. The summed E-state index contributed by atoms with van der Waals surface area (Å²) in [5, 5.41) is 13.9. The second-order valence-electron chi connectivity index (χ2n) is 7.89. The fourth-order valence-corrected chi connectivity index (χ4v) is 4.22. The number of hydrogen-bond acceptors (Lipinski definition) is 6. The molecule has 10 heteroatoms. The first-order chi connectivity index (χ1) is 15.6. The van der Waals surface area contributed by atoms with E-state index in [0.29, 0.717) is 24.2 Å². The molecule has 0 aromatic heterocycles. The first-order valence-corrected chi connectivity index (χ1v) is 11.9. The van der Waals surface area contributed by atoms with E-state index in [-0.39, 0.29) is 11.4 Å². The average molecular weight is 473 g/mol. The number of esters is 1. The van der Waals surface area contributed by atoms with E-state index in [9.17, 15) is 18.0 Å². The summed E-state index contributed by atoms with van der Waals surface area (Å²) in [5.41, 5.74) is 4.50. The summed E-state index contributed by atoms with van der Waals surface area (Å²) in [4.78, 5) is 25.1. The molecule has 1 aliphatic heterocycles. The van der Waals surface area contributed by atoms with Crippen LogP contribution in [-0.2, 0) is 26.0 Å². The quantitative estimate of drug-likeness (QED) is 0.340. The molecule has 0 aliphatic carbocycles. The molecule has 0 saturated carbocycles. The van der Waals surface area contributed by atoms with Crippen molar-refractivity contribution >= 4 is 22.0 Å². The normalized spacial score (nSPS) is 16.2. The van der Waals surface area contributed by atoms with Crippen LogP contribution in [-0.4, -0.2) is 40.6 Å². The lowest BCUT2D eigenvalue weighted by molar-refractivity contribution is -0.136. The lowest BCUT2D eigenvalue weighted by Crippen LogP contribution is -2.48. The topological polar surface area (TPSA) is 140 Å². The van der Waals surface area contributed by atoms with E-state index in [1.54, 1.807) is 12.1 Å². The Morgan fingerprint density at radius 2 is 1.85 bits per heavy atom. The second-order valence-corrected chi connectivity index (χ2v) is 9.45. The number of amides is 2. The summed E-state index contributed by atoms with van der Waals surface area (Å²) >= 11 is 0. The van der Waals surface area contributed by atoms with Crippen LogP contribution in [0.3, 0.4) is 0 Å². The summed E-state index contributed by atoms with van der Waals surface area (Å²) in [6.07, 6.45) is 0.609. The number of ether oxygens (including phenoxy) is 1. The highest BCUT2D eigenvalue weighted by atomic mass is 32.2. The number of nitrogens with one attached hydrogen (secondary N) is 3. The maximum atomic E-state index is 12.7. The van der Waals surface area contributed by atoms with E-state index in [4.69, 9.17) is 9.88 Å². The zero-order valence-corrected chi connectivity index (χ0v) is 19.6. The van der Waals surface area contributed by atoms with Gasteiger partial charge in [0.05, 0.1) is 23.6 Å². The monoisotopic (exact) mass is 472 g/mol. The van der Waals surface area contributed by atoms with Crippen molar-refractivity contribution < 1.29 is 22.7 Å². The van der Waals surface area contributed by atoms with Crippen LogP contribution in [0.5, 0.6) is 0 Å². The Kier molecular flexibility index (Phi) is 7.52. The number of hydrogen-bond donors (Lipinski definition) is 4. The molecule has 0 radical (unpaired) electrons. The van der Waals surface area contributed by atoms with Crippen LogP contribution in [0.15, 0.2) is 58.6 Å². The lowest BCUT2D eigenvalue weighted by Gasteiger charge is -2.30. The van der Waals surface area contributed by atoms with Gasteiger partial charge in [-0.3, -0.25) is 0 Å². The van der Waals surface area contributed by atoms with Crippen molar-refractivity contribution in [2.45, 2.75) is 31.2 Å². The number of carbonyl (C=O) groups excluding carboxylic acids is 2.